The Morgan fingerprint density at radius 2 is 2.11 bits per heavy atom. The second kappa shape index (κ2) is 9.78. The zero-order valence-electron chi connectivity index (χ0n) is 16.6. The highest BCUT2D eigenvalue weighted by molar-refractivity contribution is 7.98. The topological polar surface area (TPSA) is 67.1 Å². The van der Waals surface area contributed by atoms with Crippen molar-refractivity contribution in [1.82, 2.24) is 25.4 Å². The Balaban J connectivity index is 1.51. The van der Waals surface area contributed by atoms with Crippen LogP contribution in [0.5, 0.6) is 0 Å². The number of aryl methyl sites for hydroxylation is 2. The second-order valence-corrected chi connectivity index (χ2v) is 7.76. The minimum absolute atomic E-state index is 0.760. The summed E-state index contributed by atoms with van der Waals surface area (Å²) in [4.78, 5) is 5.65. The average molecular weight is 387 g/mol. The number of nitrogens with zero attached hydrogens (tertiary/aromatic N) is 4. The Labute approximate surface area is 166 Å². The molecule has 1 aromatic heterocycles. The largest absolute Gasteiger partial charge is 0.356 e. The Morgan fingerprint density at radius 1 is 1.22 bits per heavy atom. The number of rotatable bonds is 6. The summed E-state index contributed by atoms with van der Waals surface area (Å²) in [7, 11) is 1.81. The minimum atomic E-state index is 0.760. The molecular formula is C20H30N6S. The molecule has 0 bridgehead atoms. The third-order valence-corrected chi connectivity index (χ3v) is 5.76. The summed E-state index contributed by atoms with van der Waals surface area (Å²) in [6.45, 7) is 4.73. The van der Waals surface area contributed by atoms with E-state index < -0.39 is 0 Å². The van der Waals surface area contributed by atoms with E-state index in [1.165, 1.54) is 35.3 Å². The van der Waals surface area contributed by atoms with Gasteiger partial charge in [0.2, 0.25) is 0 Å². The number of hydrogen-bond donors (Lipinski definition) is 2. The van der Waals surface area contributed by atoms with Gasteiger partial charge in [0.15, 0.2) is 5.96 Å². The molecule has 0 aliphatic carbocycles. The molecule has 1 aliphatic rings. The monoisotopic (exact) mass is 386 g/mol. The van der Waals surface area contributed by atoms with Gasteiger partial charge in [0, 0.05) is 44.4 Å². The molecule has 7 heteroatoms. The molecule has 0 radical (unpaired) electrons. The molecule has 1 aromatic carbocycles. The smallest absolute Gasteiger partial charge is 0.191 e. The molecule has 0 saturated carbocycles. The van der Waals surface area contributed by atoms with Crippen LogP contribution in [0.15, 0.2) is 28.1 Å². The fourth-order valence-corrected chi connectivity index (χ4v) is 4.13. The lowest BCUT2D eigenvalue weighted by atomic mass is 10.1. The number of fused-ring (bicyclic) bond motifs is 1. The normalized spacial score (nSPS) is 14.6. The molecular weight excluding hydrogens is 356 g/mol. The lowest BCUT2D eigenvalue weighted by Gasteiger charge is -2.14. The van der Waals surface area contributed by atoms with Crippen LogP contribution in [0.3, 0.4) is 0 Å². The maximum absolute atomic E-state index is 4.40. The molecule has 146 valence electrons. The van der Waals surface area contributed by atoms with Gasteiger partial charge < -0.3 is 15.2 Å². The Hall–Kier alpha value is -2.02. The quantitative estimate of drug-likeness (QED) is 0.454. The van der Waals surface area contributed by atoms with Crippen LogP contribution in [0.1, 0.15) is 42.0 Å². The first-order valence-electron chi connectivity index (χ1n) is 9.70. The van der Waals surface area contributed by atoms with Crippen molar-refractivity contribution in [3.8, 4) is 0 Å². The number of aromatic nitrogens is 3. The summed E-state index contributed by atoms with van der Waals surface area (Å²) >= 11 is 1.78. The molecule has 0 fully saturated rings. The summed E-state index contributed by atoms with van der Waals surface area (Å²) in [5.74, 6) is 3.05. The van der Waals surface area contributed by atoms with Crippen LogP contribution >= 0.6 is 11.8 Å². The van der Waals surface area contributed by atoms with Crippen LogP contribution < -0.4 is 10.6 Å². The van der Waals surface area contributed by atoms with Crippen molar-refractivity contribution in [2.24, 2.45) is 4.99 Å². The first kappa shape index (κ1) is 19.7. The van der Waals surface area contributed by atoms with Crippen molar-refractivity contribution < 1.29 is 0 Å². The van der Waals surface area contributed by atoms with Gasteiger partial charge in [0.1, 0.15) is 11.6 Å². The molecule has 0 amide bonds. The van der Waals surface area contributed by atoms with Crippen LogP contribution in [-0.4, -0.2) is 40.6 Å². The molecule has 0 spiro atoms. The fraction of sp³-hybridized carbons (Fsp3) is 0.550. The van der Waals surface area contributed by atoms with E-state index in [1.54, 1.807) is 11.8 Å². The van der Waals surface area contributed by atoms with Gasteiger partial charge in [-0.05, 0) is 43.2 Å². The van der Waals surface area contributed by atoms with E-state index in [9.17, 15) is 0 Å². The highest BCUT2D eigenvalue weighted by atomic mass is 32.2. The predicted molar refractivity (Wildman–Crippen MR) is 112 cm³/mol. The van der Waals surface area contributed by atoms with E-state index in [-0.39, 0.29) is 0 Å². The Bertz CT molecular complexity index is 783. The van der Waals surface area contributed by atoms with Crippen molar-refractivity contribution >= 4 is 17.7 Å². The molecule has 0 saturated heterocycles. The van der Waals surface area contributed by atoms with Gasteiger partial charge in [-0.2, -0.15) is 0 Å². The molecule has 0 unspecified atom stereocenters. The zero-order chi connectivity index (χ0) is 19.1. The van der Waals surface area contributed by atoms with Gasteiger partial charge in [-0.3, -0.25) is 4.99 Å². The summed E-state index contributed by atoms with van der Waals surface area (Å²) in [6, 6.07) is 6.58. The van der Waals surface area contributed by atoms with Crippen LogP contribution in [0.4, 0.5) is 0 Å². The van der Waals surface area contributed by atoms with Crippen molar-refractivity contribution in [2.75, 3.05) is 19.8 Å². The summed E-state index contributed by atoms with van der Waals surface area (Å²) in [6.07, 6.45) is 7.76. The average Bonchev–Trinajstić information content (AvgIpc) is 2.91. The van der Waals surface area contributed by atoms with E-state index >= 15 is 0 Å². The van der Waals surface area contributed by atoms with E-state index in [2.05, 4.69) is 61.8 Å². The van der Waals surface area contributed by atoms with Crippen LogP contribution in [-0.2, 0) is 25.9 Å². The van der Waals surface area contributed by atoms with Gasteiger partial charge in [-0.15, -0.1) is 22.0 Å². The summed E-state index contributed by atoms with van der Waals surface area (Å²) in [5.41, 5.74) is 2.58. The van der Waals surface area contributed by atoms with Gasteiger partial charge in [-0.1, -0.05) is 18.6 Å². The second-order valence-electron chi connectivity index (χ2n) is 6.91. The number of thioether (sulfide) groups is 1. The number of aliphatic imine (C=N–C) groups is 1. The van der Waals surface area contributed by atoms with E-state index in [0.29, 0.717) is 0 Å². The highest BCUT2D eigenvalue weighted by Gasteiger charge is 2.14. The summed E-state index contributed by atoms with van der Waals surface area (Å²) < 4.78 is 2.31. The Kier molecular flexibility index (Phi) is 7.15. The first-order valence-corrected chi connectivity index (χ1v) is 10.9. The molecule has 2 heterocycles. The SMILES string of the molecule is CN=C(NCCc1nnc2n1CCCCC2)NCc1ccc(C)cc1SC. The molecule has 0 atom stereocenters. The van der Waals surface area contributed by atoms with Crippen LogP contribution in [0.25, 0.3) is 0 Å². The van der Waals surface area contributed by atoms with Gasteiger partial charge >= 0.3 is 0 Å². The lowest BCUT2D eigenvalue weighted by molar-refractivity contribution is 0.600. The number of benzene rings is 1. The van der Waals surface area contributed by atoms with Crippen LogP contribution in [0, 0.1) is 6.92 Å². The van der Waals surface area contributed by atoms with Crippen molar-refractivity contribution in [2.45, 2.75) is 57.0 Å². The molecule has 27 heavy (non-hydrogen) atoms. The zero-order valence-corrected chi connectivity index (χ0v) is 17.4. The van der Waals surface area contributed by atoms with Crippen molar-refractivity contribution in [1.29, 1.82) is 0 Å². The first-order chi connectivity index (χ1) is 13.2. The van der Waals surface area contributed by atoms with Crippen molar-refractivity contribution in [3.05, 3.63) is 41.0 Å². The van der Waals surface area contributed by atoms with Gasteiger partial charge in [0.05, 0.1) is 0 Å². The fourth-order valence-electron chi connectivity index (χ4n) is 3.42. The third kappa shape index (κ3) is 5.25. The molecule has 3 rings (SSSR count). The van der Waals surface area contributed by atoms with Crippen LogP contribution in [0.2, 0.25) is 0 Å². The maximum Gasteiger partial charge on any atom is 0.191 e. The maximum atomic E-state index is 4.40. The van der Waals surface area contributed by atoms with Gasteiger partial charge in [-0.25, -0.2) is 0 Å². The predicted octanol–water partition coefficient (Wildman–Crippen LogP) is 2.94. The lowest BCUT2D eigenvalue weighted by Crippen LogP contribution is -2.38. The van der Waals surface area contributed by atoms with E-state index in [1.807, 2.05) is 7.05 Å². The Morgan fingerprint density at radius 3 is 2.93 bits per heavy atom. The van der Waals surface area contributed by atoms with E-state index in [0.717, 1.165) is 50.1 Å². The summed E-state index contributed by atoms with van der Waals surface area (Å²) in [5, 5.41) is 15.6. The highest BCUT2D eigenvalue weighted by Crippen LogP contribution is 2.21. The molecule has 1 aliphatic heterocycles. The number of hydrogen-bond acceptors (Lipinski definition) is 4. The standard InChI is InChI=1S/C20H30N6S/c1-15-8-9-16(17(13-15)27-3)14-23-20(21-2)22-11-10-19-25-24-18-7-5-4-6-12-26(18)19/h8-9,13H,4-7,10-12,14H2,1-3H3,(H2,21,22,23). The van der Waals surface area contributed by atoms with Gasteiger partial charge in [0.25, 0.3) is 0 Å². The molecule has 2 aromatic rings. The molecule has 6 nitrogen and oxygen atoms in total. The number of guanidine groups is 1. The van der Waals surface area contributed by atoms with E-state index in [4.69, 9.17) is 0 Å². The number of nitrogens with one attached hydrogen (secondary N) is 2. The third-order valence-electron chi connectivity index (χ3n) is 4.94. The van der Waals surface area contributed by atoms with Crippen molar-refractivity contribution in [3.63, 3.8) is 0 Å². The minimum Gasteiger partial charge on any atom is -0.356 e. The molecule has 2 N–H and O–H groups in total.